The molecule has 0 saturated carbocycles. The molecule has 0 N–H and O–H groups in total. The average molecular weight is 425 g/mol. The molecule has 0 atom stereocenters. The standard InChI is InChI=1S/C26H23N3O3/c1-17-14-21(18(2)29(17)13-12-19-8-4-3-5-9-19)22(30)15-28-16-27-24-20-10-6-7-11-23(20)32-25(24)26(28)31/h3-11,14,16H,12-13,15H2,1-2H3. The number of aromatic nitrogens is 3. The zero-order valence-electron chi connectivity index (χ0n) is 18.0. The number of aryl methyl sites for hydroxylation is 2. The Kier molecular flexibility index (Phi) is 4.98. The Hall–Kier alpha value is -3.93. The summed E-state index contributed by atoms with van der Waals surface area (Å²) >= 11 is 0. The molecule has 0 aliphatic carbocycles. The van der Waals surface area contributed by atoms with E-state index in [1.807, 2.05) is 56.3 Å². The van der Waals surface area contributed by atoms with E-state index in [9.17, 15) is 9.59 Å². The molecular formula is C26H23N3O3. The fraction of sp³-hybridized carbons (Fsp3) is 0.192. The number of ketones is 1. The largest absolute Gasteiger partial charge is 0.448 e. The van der Waals surface area contributed by atoms with E-state index in [0.717, 1.165) is 29.7 Å². The van der Waals surface area contributed by atoms with Crippen molar-refractivity contribution in [3.8, 4) is 0 Å². The monoisotopic (exact) mass is 425 g/mol. The number of hydrogen-bond donors (Lipinski definition) is 0. The molecular weight excluding hydrogens is 402 g/mol. The first-order valence-corrected chi connectivity index (χ1v) is 10.6. The number of carbonyl (C=O) groups excluding carboxylic acids is 1. The molecule has 6 heteroatoms. The number of furan rings is 1. The SMILES string of the molecule is Cc1cc(C(=O)Cn2cnc3c(oc4ccccc43)c2=O)c(C)n1CCc1ccccc1. The lowest BCUT2D eigenvalue weighted by atomic mass is 10.1. The second-order valence-electron chi connectivity index (χ2n) is 8.05. The summed E-state index contributed by atoms with van der Waals surface area (Å²) in [6, 6.07) is 19.6. The van der Waals surface area contributed by atoms with Crippen LogP contribution >= 0.6 is 0 Å². The van der Waals surface area contributed by atoms with Crippen molar-refractivity contribution in [2.45, 2.75) is 33.4 Å². The van der Waals surface area contributed by atoms with Crippen LogP contribution in [0.1, 0.15) is 27.3 Å². The van der Waals surface area contributed by atoms with Gasteiger partial charge in [-0.05, 0) is 44.0 Å². The molecule has 0 aliphatic rings. The molecule has 0 fully saturated rings. The smallest absolute Gasteiger partial charge is 0.297 e. The van der Waals surface area contributed by atoms with Gasteiger partial charge in [-0.2, -0.15) is 0 Å². The molecule has 0 amide bonds. The Balaban J connectivity index is 1.41. The average Bonchev–Trinajstić information content (AvgIpc) is 3.32. The van der Waals surface area contributed by atoms with Crippen molar-refractivity contribution in [2.75, 3.05) is 0 Å². The predicted molar refractivity (Wildman–Crippen MR) is 124 cm³/mol. The van der Waals surface area contributed by atoms with Crippen LogP contribution in [-0.2, 0) is 19.5 Å². The molecule has 0 bridgehead atoms. The van der Waals surface area contributed by atoms with Crippen molar-refractivity contribution < 1.29 is 9.21 Å². The number of fused-ring (bicyclic) bond motifs is 3. The van der Waals surface area contributed by atoms with Gasteiger partial charge in [0.15, 0.2) is 5.78 Å². The van der Waals surface area contributed by atoms with Crippen molar-refractivity contribution in [2.24, 2.45) is 0 Å². The van der Waals surface area contributed by atoms with Crippen LogP contribution in [0, 0.1) is 13.8 Å². The molecule has 0 aliphatic heterocycles. The van der Waals surface area contributed by atoms with Gasteiger partial charge in [-0.25, -0.2) is 4.98 Å². The maximum atomic E-state index is 13.1. The van der Waals surface area contributed by atoms with E-state index in [1.165, 1.54) is 16.5 Å². The molecule has 160 valence electrons. The zero-order valence-corrected chi connectivity index (χ0v) is 18.0. The Bertz CT molecular complexity index is 1510. The minimum Gasteiger partial charge on any atom is -0.448 e. The lowest BCUT2D eigenvalue weighted by Gasteiger charge is -2.10. The first-order valence-electron chi connectivity index (χ1n) is 10.6. The Labute approximate surface area is 184 Å². The first kappa shape index (κ1) is 20.0. The number of hydrogen-bond acceptors (Lipinski definition) is 4. The minimum atomic E-state index is -0.350. The third kappa shape index (κ3) is 3.43. The number of rotatable bonds is 6. The van der Waals surface area contributed by atoms with Gasteiger partial charge in [-0.15, -0.1) is 0 Å². The van der Waals surface area contributed by atoms with Gasteiger partial charge < -0.3 is 8.98 Å². The molecule has 0 spiro atoms. The van der Waals surface area contributed by atoms with Crippen molar-refractivity contribution in [1.82, 2.24) is 14.1 Å². The van der Waals surface area contributed by atoms with Crippen LogP contribution in [0.3, 0.4) is 0 Å². The number of benzene rings is 2. The van der Waals surface area contributed by atoms with Gasteiger partial charge in [0.25, 0.3) is 5.56 Å². The highest BCUT2D eigenvalue weighted by Crippen LogP contribution is 2.24. The van der Waals surface area contributed by atoms with Crippen molar-refractivity contribution in [3.63, 3.8) is 0 Å². The van der Waals surface area contributed by atoms with Crippen LogP contribution in [-0.4, -0.2) is 19.9 Å². The first-order chi connectivity index (χ1) is 15.5. The highest BCUT2D eigenvalue weighted by atomic mass is 16.3. The summed E-state index contributed by atoms with van der Waals surface area (Å²) in [4.78, 5) is 30.5. The molecule has 3 aromatic heterocycles. The van der Waals surface area contributed by atoms with Crippen LogP contribution in [0.4, 0.5) is 0 Å². The maximum Gasteiger partial charge on any atom is 0.297 e. The predicted octanol–water partition coefficient (Wildman–Crippen LogP) is 4.69. The summed E-state index contributed by atoms with van der Waals surface area (Å²) in [7, 11) is 0. The molecule has 5 rings (SSSR count). The van der Waals surface area contributed by atoms with E-state index >= 15 is 0 Å². The highest BCUT2D eigenvalue weighted by Gasteiger charge is 2.19. The molecule has 0 unspecified atom stereocenters. The van der Waals surface area contributed by atoms with Crippen molar-refractivity contribution in [3.05, 3.63) is 99.9 Å². The zero-order chi connectivity index (χ0) is 22.2. The normalized spacial score (nSPS) is 11.4. The van der Waals surface area contributed by atoms with Gasteiger partial charge in [0.05, 0.1) is 12.9 Å². The molecule has 0 saturated heterocycles. The molecule has 5 aromatic rings. The van der Waals surface area contributed by atoms with Gasteiger partial charge in [0.2, 0.25) is 5.58 Å². The quantitative estimate of drug-likeness (QED) is 0.370. The molecule has 0 radical (unpaired) electrons. The Morgan fingerprint density at radius 1 is 1.03 bits per heavy atom. The fourth-order valence-corrected chi connectivity index (χ4v) is 4.28. The van der Waals surface area contributed by atoms with Crippen LogP contribution in [0.2, 0.25) is 0 Å². The topological polar surface area (TPSA) is 70.0 Å². The van der Waals surface area contributed by atoms with Crippen molar-refractivity contribution >= 4 is 27.9 Å². The number of nitrogens with zero attached hydrogens (tertiary/aromatic N) is 3. The maximum absolute atomic E-state index is 13.1. The van der Waals surface area contributed by atoms with Gasteiger partial charge in [0.1, 0.15) is 11.1 Å². The molecule has 32 heavy (non-hydrogen) atoms. The van der Waals surface area contributed by atoms with Gasteiger partial charge >= 0.3 is 0 Å². The third-order valence-corrected chi connectivity index (χ3v) is 6.01. The van der Waals surface area contributed by atoms with Gasteiger partial charge in [-0.1, -0.05) is 42.5 Å². The molecule has 3 heterocycles. The number of Topliss-reactive ketones (excluding diaryl/α,β-unsaturated/α-hetero) is 1. The van der Waals surface area contributed by atoms with Crippen LogP contribution in [0.5, 0.6) is 0 Å². The molecule has 6 nitrogen and oxygen atoms in total. The lowest BCUT2D eigenvalue weighted by Crippen LogP contribution is -2.24. The van der Waals surface area contributed by atoms with Crippen LogP contribution in [0.15, 0.2) is 76.2 Å². The third-order valence-electron chi connectivity index (χ3n) is 6.01. The molecule has 2 aromatic carbocycles. The summed E-state index contributed by atoms with van der Waals surface area (Å²) in [5.74, 6) is -0.122. The van der Waals surface area contributed by atoms with E-state index in [4.69, 9.17) is 4.42 Å². The second kappa shape index (κ2) is 7.96. The van der Waals surface area contributed by atoms with E-state index < -0.39 is 0 Å². The fourth-order valence-electron chi connectivity index (χ4n) is 4.28. The minimum absolute atomic E-state index is 0.0816. The van der Waals surface area contributed by atoms with Crippen LogP contribution in [0.25, 0.3) is 22.1 Å². The van der Waals surface area contributed by atoms with Gasteiger partial charge in [-0.3, -0.25) is 14.2 Å². The van der Waals surface area contributed by atoms with E-state index in [0.29, 0.717) is 16.7 Å². The Morgan fingerprint density at radius 2 is 1.78 bits per heavy atom. The summed E-state index contributed by atoms with van der Waals surface area (Å²) in [5.41, 5.74) is 4.78. The second-order valence-corrected chi connectivity index (χ2v) is 8.05. The van der Waals surface area contributed by atoms with E-state index in [2.05, 4.69) is 21.7 Å². The van der Waals surface area contributed by atoms with Crippen LogP contribution < -0.4 is 5.56 Å². The summed E-state index contributed by atoms with van der Waals surface area (Å²) < 4.78 is 9.20. The summed E-state index contributed by atoms with van der Waals surface area (Å²) in [6.07, 6.45) is 2.32. The lowest BCUT2D eigenvalue weighted by molar-refractivity contribution is 0.0970. The van der Waals surface area contributed by atoms with E-state index in [1.54, 1.807) is 6.07 Å². The summed E-state index contributed by atoms with van der Waals surface area (Å²) in [5, 5.41) is 0.792. The highest BCUT2D eigenvalue weighted by molar-refractivity contribution is 6.02. The van der Waals surface area contributed by atoms with Crippen molar-refractivity contribution in [1.29, 1.82) is 0 Å². The Morgan fingerprint density at radius 3 is 2.59 bits per heavy atom. The van der Waals surface area contributed by atoms with Gasteiger partial charge in [0, 0.05) is 28.9 Å². The summed E-state index contributed by atoms with van der Waals surface area (Å²) in [6.45, 7) is 4.67. The number of carbonyl (C=O) groups is 1. The van der Waals surface area contributed by atoms with E-state index in [-0.39, 0.29) is 23.5 Å². The number of para-hydroxylation sites is 1.